The lowest BCUT2D eigenvalue weighted by Gasteiger charge is -2.30. The molecular weight excluding hydrogens is 899 g/mol. The third-order valence-electron chi connectivity index (χ3n) is 8.73. The van der Waals surface area contributed by atoms with E-state index in [1.165, 1.54) is 19.9 Å². The van der Waals surface area contributed by atoms with Crippen molar-refractivity contribution in [3.8, 4) is 0 Å². The molecule has 61 heavy (non-hydrogen) atoms. The summed E-state index contributed by atoms with van der Waals surface area (Å²) >= 11 is 0.902. The van der Waals surface area contributed by atoms with Crippen LogP contribution in [-0.4, -0.2) is 129 Å². The standard InChI is InChI=1S/C31H48N7O19P3S/c1-17(12-20(40)41)30(2,3)8-6-21(42)61-11-10-33-19(39)7-9-34-28(45)25(44)31(4,5)14-54-60(51,52)57-59(49,50)53-13-18-24(56-58(46,47)48)23(43)29(55-18)38-16-37-22-26(32)35-15-36-27(22)38/h6,8,12,15-16,18,23-25,29,43-44H,7,9-11,13-14H2,1-5H3,(H,33,39)(H,34,45)(H,40,41)(H,49,50)(H,51,52)(H2,32,35,36)(H2,46,47,48)/p-1/b8-6+,17-12-/t18-,23-,24-,25+,29-/m1/s1. The first-order chi connectivity index (χ1) is 28.0. The van der Waals surface area contributed by atoms with E-state index in [0.29, 0.717) is 5.57 Å². The van der Waals surface area contributed by atoms with Crippen molar-refractivity contribution in [2.24, 2.45) is 10.8 Å². The highest BCUT2D eigenvalue weighted by Gasteiger charge is 2.50. The molecule has 0 bridgehead atoms. The van der Waals surface area contributed by atoms with Crippen LogP contribution in [0.2, 0.25) is 0 Å². The molecule has 1 aliphatic rings. The molecule has 0 aliphatic carbocycles. The lowest BCUT2D eigenvalue weighted by Crippen LogP contribution is -2.46. The van der Waals surface area contributed by atoms with Crippen LogP contribution in [0.3, 0.4) is 0 Å². The number of aliphatic hydroxyl groups is 2. The maximum Gasteiger partial charge on any atom is 0.481 e. The molecule has 10 N–H and O–H groups in total. The fourth-order valence-corrected chi connectivity index (χ4v) is 8.50. The third-order valence-corrected chi connectivity index (χ3v) is 12.7. The van der Waals surface area contributed by atoms with Gasteiger partial charge in [0.15, 0.2) is 17.7 Å². The largest absolute Gasteiger partial charge is 0.545 e. The first-order valence-corrected chi connectivity index (χ1v) is 23.2. The molecule has 1 fully saturated rings. The van der Waals surface area contributed by atoms with Crippen LogP contribution in [0.15, 0.2) is 36.5 Å². The second kappa shape index (κ2) is 21.3. The molecule has 0 radical (unpaired) electrons. The van der Waals surface area contributed by atoms with Gasteiger partial charge in [0.1, 0.15) is 36.3 Å². The highest BCUT2D eigenvalue weighted by Crippen LogP contribution is 2.61. The lowest BCUT2D eigenvalue weighted by atomic mass is 9.84. The average Bonchev–Trinajstić information content (AvgIpc) is 3.70. The normalized spacial score (nSPS) is 21.5. The van der Waals surface area contributed by atoms with E-state index in [9.17, 15) is 67.8 Å². The van der Waals surface area contributed by atoms with E-state index in [0.717, 1.165) is 35.1 Å². The fraction of sp³-hybridized carbons (Fsp3) is 0.581. The van der Waals surface area contributed by atoms with Crippen molar-refractivity contribution in [1.29, 1.82) is 0 Å². The van der Waals surface area contributed by atoms with E-state index in [1.54, 1.807) is 26.8 Å². The van der Waals surface area contributed by atoms with Crippen LogP contribution in [0.1, 0.15) is 47.3 Å². The Labute approximate surface area is 351 Å². The number of allylic oxidation sites excluding steroid dienone is 2. The highest BCUT2D eigenvalue weighted by molar-refractivity contribution is 8.14. The van der Waals surface area contributed by atoms with Gasteiger partial charge in [0.2, 0.25) is 16.9 Å². The number of phosphoric acid groups is 3. The summed E-state index contributed by atoms with van der Waals surface area (Å²) in [5.41, 5.74) is 3.95. The quantitative estimate of drug-likeness (QED) is 0.0364. The topological polar surface area (TPSA) is 404 Å². The number of aromatic nitrogens is 4. The van der Waals surface area contributed by atoms with Crippen molar-refractivity contribution < 1.29 is 90.4 Å². The van der Waals surface area contributed by atoms with Gasteiger partial charge in [0.05, 0.1) is 25.5 Å². The van der Waals surface area contributed by atoms with E-state index < -0.39 is 95.9 Å². The second-order valence-electron chi connectivity index (χ2n) is 14.4. The molecule has 342 valence electrons. The average molecular weight is 947 g/mol. The van der Waals surface area contributed by atoms with Crippen molar-refractivity contribution in [2.75, 3.05) is 37.8 Å². The summed E-state index contributed by atoms with van der Waals surface area (Å²) in [6.45, 7) is 5.25. The summed E-state index contributed by atoms with van der Waals surface area (Å²) in [5, 5.41) is 36.8. The number of phosphoric ester groups is 3. The van der Waals surface area contributed by atoms with E-state index in [-0.39, 0.29) is 47.4 Å². The van der Waals surface area contributed by atoms with Crippen LogP contribution >= 0.6 is 35.2 Å². The molecule has 0 spiro atoms. The monoisotopic (exact) mass is 946 g/mol. The minimum absolute atomic E-state index is 0.0183. The Kier molecular flexibility index (Phi) is 18.1. The Morgan fingerprint density at radius 1 is 1.05 bits per heavy atom. The Hall–Kier alpha value is -3.49. The Bertz CT molecular complexity index is 2130. The van der Waals surface area contributed by atoms with E-state index in [2.05, 4.69) is 34.4 Å². The van der Waals surface area contributed by atoms with Crippen LogP contribution in [0.4, 0.5) is 5.82 Å². The molecule has 0 saturated carbocycles. The number of carbonyl (C=O) groups is 4. The predicted molar refractivity (Wildman–Crippen MR) is 209 cm³/mol. The number of carboxylic acid groups (broad SMARTS) is 1. The number of imidazole rings is 1. The van der Waals surface area contributed by atoms with E-state index >= 15 is 0 Å². The molecular formula is C31H47N7O19P3S-. The first kappa shape index (κ1) is 51.9. The van der Waals surface area contributed by atoms with Gasteiger partial charge < -0.3 is 60.8 Å². The summed E-state index contributed by atoms with van der Waals surface area (Å²) in [6.07, 6.45) is -3.33. The summed E-state index contributed by atoms with van der Waals surface area (Å²) in [6, 6.07) is 0. The van der Waals surface area contributed by atoms with Crippen molar-refractivity contribution in [3.05, 3.63) is 36.5 Å². The van der Waals surface area contributed by atoms with Gasteiger partial charge in [-0.15, -0.1) is 0 Å². The number of nitrogens with zero attached hydrogens (tertiary/aromatic N) is 4. The minimum Gasteiger partial charge on any atom is -0.545 e. The van der Waals surface area contributed by atoms with Crippen molar-refractivity contribution in [1.82, 2.24) is 30.2 Å². The zero-order valence-corrected chi connectivity index (χ0v) is 36.6. The van der Waals surface area contributed by atoms with Crippen molar-refractivity contribution >= 4 is 75.1 Å². The SMILES string of the molecule is C/C(=C/C(=O)[O-])C(C)(C)/C=C/C(=O)SCCNC(=O)CCNC(=O)[C@H](O)C(C)(C)COP(=O)(O)OP(=O)(O)OC[C@H]1O[C@@H](n2cnc3c(N)ncnc32)[C@H](O)[C@@H]1OP(=O)(O)O. The summed E-state index contributed by atoms with van der Waals surface area (Å²) in [5.74, 6) is -2.73. The number of fused-ring (bicyclic) bond motifs is 1. The molecule has 2 amide bonds. The number of nitrogens with one attached hydrogen (secondary N) is 2. The minimum atomic E-state index is -5.60. The van der Waals surface area contributed by atoms with Crippen LogP contribution in [0.25, 0.3) is 11.2 Å². The van der Waals surface area contributed by atoms with Gasteiger partial charge in [-0.05, 0) is 19.1 Å². The van der Waals surface area contributed by atoms with Crippen molar-refractivity contribution in [3.63, 3.8) is 0 Å². The van der Waals surface area contributed by atoms with E-state index in [4.69, 9.17) is 19.5 Å². The predicted octanol–water partition coefficient (Wildman–Crippen LogP) is -1.06. The maximum atomic E-state index is 12.7. The zero-order chi connectivity index (χ0) is 46.1. The number of nitrogens with two attached hydrogens (primary N) is 1. The second-order valence-corrected chi connectivity index (χ2v) is 19.8. The van der Waals surface area contributed by atoms with Crippen LogP contribution < -0.4 is 21.5 Å². The lowest BCUT2D eigenvalue weighted by molar-refractivity contribution is -0.297. The molecule has 1 saturated heterocycles. The third kappa shape index (κ3) is 16.0. The molecule has 2 aromatic rings. The summed E-state index contributed by atoms with van der Waals surface area (Å²) < 4.78 is 62.1. The Balaban J connectivity index is 1.45. The number of carboxylic acids is 1. The maximum absolute atomic E-state index is 12.7. The Morgan fingerprint density at radius 2 is 1.70 bits per heavy atom. The van der Waals surface area contributed by atoms with Gasteiger partial charge in [0, 0.05) is 36.1 Å². The summed E-state index contributed by atoms with van der Waals surface area (Å²) in [4.78, 5) is 98.7. The molecule has 30 heteroatoms. The molecule has 3 heterocycles. The van der Waals surface area contributed by atoms with Crippen LogP contribution in [0, 0.1) is 10.8 Å². The number of aliphatic carboxylic acids is 1. The van der Waals surface area contributed by atoms with Gasteiger partial charge in [-0.2, -0.15) is 4.31 Å². The number of ether oxygens (including phenoxy) is 1. The van der Waals surface area contributed by atoms with Crippen LogP contribution in [0.5, 0.6) is 0 Å². The number of amides is 2. The van der Waals surface area contributed by atoms with Crippen molar-refractivity contribution in [2.45, 2.75) is 71.7 Å². The molecule has 3 rings (SSSR count). The van der Waals surface area contributed by atoms with E-state index in [1.807, 2.05) is 0 Å². The number of carbonyl (C=O) groups excluding carboxylic acids is 4. The number of rotatable bonds is 23. The molecule has 2 unspecified atom stereocenters. The molecule has 2 aromatic heterocycles. The first-order valence-electron chi connectivity index (χ1n) is 17.7. The molecule has 0 aromatic carbocycles. The smallest absolute Gasteiger partial charge is 0.481 e. The zero-order valence-electron chi connectivity index (χ0n) is 33.1. The fourth-order valence-electron chi connectivity index (χ4n) is 5.10. The summed E-state index contributed by atoms with van der Waals surface area (Å²) in [7, 11) is -16.5. The number of nitrogen functional groups attached to an aromatic ring is 1. The number of hydrogen-bond acceptors (Lipinski definition) is 20. The van der Waals surface area contributed by atoms with Gasteiger partial charge >= 0.3 is 23.5 Å². The molecule has 7 atom stereocenters. The highest BCUT2D eigenvalue weighted by atomic mass is 32.2. The number of thioether (sulfide) groups is 1. The van der Waals surface area contributed by atoms with Gasteiger partial charge in [-0.25, -0.2) is 28.6 Å². The number of anilines is 1. The van der Waals surface area contributed by atoms with Gasteiger partial charge in [-0.1, -0.05) is 51.1 Å². The molecule has 26 nitrogen and oxygen atoms in total. The molecule has 1 aliphatic heterocycles. The van der Waals surface area contributed by atoms with Crippen LogP contribution in [-0.2, 0) is 55.5 Å². The number of hydrogen-bond donors (Lipinski definition) is 9. The number of aliphatic hydroxyl groups excluding tert-OH is 2. The van der Waals surface area contributed by atoms with Gasteiger partial charge in [-0.3, -0.25) is 32.5 Å². The van der Waals surface area contributed by atoms with Gasteiger partial charge in [0.25, 0.3) is 0 Å². The Morgan fingerprint density at radius 3 is 2.34 bits per heavy atom.